The minimum atomic E-state index is -2.04. The number of carbonyl (C=O) groups excluding carboxylic acids is 2. The number of Topliss-reactive ketones (excluding diaryl/α,β-unsaturated/α-hetero) is 1. The van der Waals surface area contributed by atoms with E-state index in [1.165, 1.54) is 23.5 Å². The molecule has 2 heterocycles. The monoisotopic (exact) mass is 623 g/mol. The maximum Gasteiger partial charge on any atom is 0.194 e. The zero-order valence-corrected chi connectivity index (χ0v) is 25.6. The van der Waals surface area contributed by atoms with Crippen LogP contribution in [0.5, 0.6) is 0 Å². The third kappa shape index (κ3) is 3.85. The zero-order valence-electron chi connectivity index (χ0n) is 24.8. The molecule has 2 aromatic rings. The molecule has 1 aliphatic heterocycles. The summed E-state index contributed by atoms with van der Waals surface area (Å²) in [6.45, 7) is 2.74. The van der Waals surface area contributed by atoms with Crippen molar-refractivity contribution in [3.63, 3.8) is 0 Å². The minimum absolute atomic E-state index is 0.0480. The van der Waals surface area contributed by atoms with Crippen LogP contribution in [0.15, 0.2) is 54.1 Å². The number of hydrogen-bond donors (Lipinski definition) is 4. The molecule has 10 heteroatoms. The summed E-state index contributed by atoms with van der Waals surface area (Å²) in [5, 5.41) is 31.5. The van der Waals surface area contributed by atoms with Crippen LogP contribution in [-0.2, 0) is 32.1 Å². The third-order valence-corrected chi connectivity index (χ3v) is 12.7. The van der Waals surface area contributed by atoms with Gasteiger partial charge in [-0.2, -0.15) is 0 Å². The Kier molecular flexibility index (Phi) is 6.90. The number of hydrogen-bond acceptors (Lipinski definition) is 9. The molecule has 234 valence electrons. The third-order valence-electron chi connectivity index (χ3n) is 11.6. The van der Waals surface area contributed by atoms with Gasteiger partial charge < -0.3 is 30.5 Å². The smallest absolute Gasteiger partial charge is 0.194 e. The van der Waals surface area contributed by atoms with Gasteiger partial charge in [0.05, 0.1) is 23.7 Å². The van der Waals surface area contributed by atoms with Gasteiger partial charge in [0.2, 0.25) is 0 Å². The summed E-state index contributed by atoms with van der Waals surface area (Å²) in [5.74, 6) is -1.65. The molecular formula is C34H38FNO7S. The summed E-state index contributed by atoms with van der Waals surface area (Å²) >= 11 is 1.49. The lowest BCUT2D eigenvalue weighted by molar-refractivity contribution is -0.231. The van der Waals surface area contributed by atoms with Crippen LogP contribution in [0.1, 0.15) is 66.7 Å². The first-order chi connectivity index (χ1) is 20.9. The number of halogens is 1. The maximum absolute atomic E-state index is 17.6. The highest BCUT2D eigenvalue weighted by molar-refractivity contribution is 7.12. The van der Waals surface area contributed by atoms with Crippen molar-refractivity contribution >= 4 is 28.6 Å². The standard InChI is InChI=1S/C34H38FNO7S/c1-31-10-9-21(39)13-20(31)4-6-23-24-14-29-34(28(41)17-38,32(24,2)15-27(40)33(23,31)35)43-30(42-29)26-8-5-22(44-26)12-18-3-7-25(36)19(11-18)16-37/h3,5,7-11,13,23-24,27,29-30,37-38,40H,4,6,12,14-17,36H2,1-2H3/t23-,24-,27-,29+,30+,31-,32-,33-,34+/m0/s1. The van der Waals surface area contributed by atoms with E-state index >= 15 is 4.39 Å². The molecule has 5 N–H and O–H groups in total. The number of aliphatic hydroxyl groups is 3. The second-order valence-corrected chi connectivity index (χ2v) is 14.8. The van der Waals surface area contributed by atoms with Gasteiger partial charge in [-0.25, -0.2) is 4.39 Å². The normalized spacial score (nSPS) is 40.6. The number of alkyl halides is 1. The number of allylic oxidation sites excluding steroid dienone is 4. The Morgan fingerprint density at radius 3 is 2.73 bits per heavy atom. The fourth-order valence-electron chi connectivity index (χ4n) is 9.42. The Morgan fingerprint density at radius 1 is 1.18 bits per heavy atom. The molecule has 0 bridgehead atoms. The Hall–Kier alpha value is -2.73. The Bertz CT molecular complexity index is 1600. The van der Waals surface area contributed by atoms with Crippen LogP contribution in [0.2, 0.25) is 0 Å². The summed E-state index contributed by atoms with van der Waals surface area (Å²) in [5.41, 5.74) is 3.09. The highest BCUT2D eigenvalue weighted by Gasteiger charge is 2.79. The van der Waals surface area contributed by atoms with Gasteiger partial charge in [-0.3, -0.25) is 9.59 Å². The van der Waals surface area contributed by atoms with Crippen LogP contribution in [0.4, 0.5) is 10.1 Å². The quantitative estimate of drug-likeness (QED) is 0.353. The van der Waals surface area contributed by atoms with Gasteiger partial charge in [-0.1, -0.05) is 30.7 Å². The van der Waals surface area contributed by atoms with Crippen molar-refractivity contribution in [2.75, 3.05) is 12.3 Å². The van der Waals surface area contributed by atoms with Crippen molar-refractivity contribution in [1.29, 1.82) is 0 Å². The lowest BCUT2D eigenvalue weighted by Gasteiger charge is -2.62. The number of nitrogen functional groups attached to an aromatic ring is 1. The predicted octanol–water partition coefficient (Wildman–Crippen LogP) is 4.11. The first kappa shape index (κ1) is 30.0. The van der Waals surface area contributed by atoms with Gasteiger partial charge >= 0.3 is 0 Å². The van der Waals surface area contributed by atoms with Crippen LogP contribution in [-0.4, -0.2) is 57.0 Å². The number of fused-ring (bicyclic) bond motifs is 7. The van der Waals surface area contributed by atoms with Crippen LogP contribution >= 0.6 is 11.3 Å². The lowest BCUT2D eigenvalue weighted by Crippen LogP contribution is -2.69. The number of ketones is 2. The summed E-state index contributed by atoms with van der Waals surface area (Å²) in [6.07, 6.45) is 3.35. The summed E-state index contributed by atoms with van der Waals surface area (Å²) in [4.78, 5) is 27.7. The minimum Gasteiger partial charge on any atom is -0.398 e. The molecule has 44 heavy (non-hydrogen) atoms. The summed E-state index contributed by atoms with van der Waals surface area (Å²) < 4.78 is 30.7. The molecule has 0 unspecified atom stereocenters. The topological polar surface area (TPSA) is 139 Å². The fourth-order valence-corrected chi connectivity index (χ4v) is 10.4. The highest BCUT2D eigenvalue weighted by atomic mass is 32.1. The van der Waals surface area contributed by atoms with E-state index in [9.17, 15) is 24.9 Å². The van der Waals surface area contributed by atoms with Crippen LogP contribution in [0, 0.1) is 22.7 Å². The molecule has 4 fully saturated rings. The lowest BCUT2D eigenvalue weighted by atomic mass is 9.44. The van der Waals surface area contributed by atoms with Crippen molar-refractivity contribution in [2.45, 2.75) is 82.3 Å². The predicted molar refractivity (Wildman–Crippen MR) is 161 cm³/mol. The van der Waals surface area contributed by atoms with E-state index < -0.39 is 58.9 Å². The average molecular weight is 624 g/mol. The van der Waals surface area contributed by atoms with Gasteiger partial charge in [-0.15, -0.1) is 11.3 Å². The summed E-state index contributed by atoms with van der Waals surface area (Å²) in [6, 6.07) is 9.45. The molecule has 4 aliphatic carbocycles. The second-order valence-electron chi connectivity index (χ2n) is 13.6. The number of carbonyl (C=O) groups is 2. The van der Waals surface area contributed by atoms with E-state index in [4.69, 9.17) is 15.2 Å². The van der Waals surface area contributed by atoms with E-state index in [2.05, 4.69) is 0 Å². The van der Waals surface area contributed by atoms with Crippen molar-refractivity contribution in [3.05, 3.63) is 75.0 Å². The molecule has 0 radical (unpaired) electrons. The molecule has 1 aromatic heterocycles. The number of aliphatic hydroxyl groups excluding tert-OH is 3. The van der Waals surface area contributed by atoms with Crippen molar-refractivity contribution in [2.24, 2.45) is 22.7 Å². The molecule has 3 saturated carbocycles. The second kappa shape index (κ2) is 10.1. The first-order valence-corrected chi connectivity index (χ1v) is 16.1. The number of nitrogens with two attached hydrogens (primary N) is 1. The average Bonchev–Trinajstić information content (AvgIpc) is 3.68. The molecule has 0 amide bonds. The Morgan fingerprint density at radius 2 is 1.98 bits per heavy atom. The van der Waals surface area contributed by atoms with Gasteiger partial charge in [-0.05, 0) is 74.4 Å². The van der Waals surface area contributed by atoms with E-state index in [0.29, 0.717) is 42.5 Å². The molecule has 0 spiro atoms. The number of thiophene rings is 1. The largest absolute Gasteiger partial charge is 0.398 e. The van der Waals surface area contributed by atoms with Crippen molar-refractivity contribution in [1.82, 2.24) is 0 Å². The molecular weight excluding hydrogens is 585 g/mol. The molecule has 1 saturated heterocycles. The van der Waals surface area contributed by atoms with Gasteiger partial charge in [0.15, 0.2) is 29.1 Å². The number of benzene rings is 1. The van der Waals surface area contributed by atoms with E-state index in [-0.39, 0.29) is 24.7 Å². The SMILES string of the molecule is C[C@]12C=CC(=O)C=C1CC[C@H]1[C@@H]3C[C@H]4O[C@@H](c5ccc(Cc6ccc(N)c(CO)c6)s5)O[C@@]4(C(=O)CO)[C@@]3(C)C[C@H](O)[C@@]12F. The van der Waals surface area contributed by atoms with Gasteiger partial charge in [0, 0.05) is 39.3 Å². The molecule has 1 aromatic carbocycles. The number of rotatable bonds is 6. The van der Waals surface area contributed by atoms with E-state index in [0.717, 1.165) is 15.3 Å². The van der Waals surface area contributed by atoms with E-state index in [1.54, 1.807) is 19.1 Å². The van der Waals surface area contributed by atoms with Crippen LogP contribution in [0.25, 0.3) is 0 Å². The first-order valence-electron chi connectivity index (χ1n) is 15.3. The summed E-state index contributed by atoms with van der Waals surface area (Å²) in [7, 11) is 0. The van der Waals surface area contributed by atoms with Gasteiger partial charge in [0.1, 0.15) is 6.61 Å². The van der Waals surface area contributed by atoms with Crippen molar-refractivity contribution in [3.8, 4) is 0 Å². The number of anilines is 1. The molecule has 9 atom stereocenters. The molecule has 7 rings (SSSR count). The van der Waals surface area contributed by atoms with E-state index in [1.807, 2.05) is 31.2 Å². The zero-order chi connectivity index (χ0) is 31.2. The maximum atomic E-state index is 17.6. The highest BCUT2D eigenvalue weighted by Crippen LogP contribution is 2.72. The van der Waals surface area contributed by atoms with Crippen molar-refractivity contribution < 1.29 is 38.8 Å². The van der Waals surface area contributed by atoms with Crippen LogP contribution < -0.4 is 5.73 Å². The Labute approximate surface area is 259 Å². The number of ether oxygens (including phenoxy) is 2. The molecule has 8 nitrogen and oxygen atoms in total. The fraction of sp³-hybridized carbons (Fsp3) is 0.529. The van der Waals surface area contributed by atoms with Crippen LogP contribution in [0.3, 0.4) is 0 Å². The Balaban J connectivity index is 1.19. The van der Waals surface area contributed by atoms with Gasteiger partial charge in [0.25, 0.3) is 0 Å². The molecule has 5 aliphatic rings.